The van der Waals surface area contributed by atoms with Gasteiger partial charge in [-0.15, -0.1) is 6.58 Å². The Labute approximate surface area is 94.7 Å². The summed E-state index contributed by atoms with van der Waals surface area (Å²) in [5, 5.41) is 3.66. The van der Waals surface area contributed by atoms with E-state index in [9.17, 15) is 0 Å². The number of piperazine rings is 1. The van der Waals surface area contributed by atoms with Crippen LogP contribution in [0.4, 0.5) is 0 Å². The molecule has 0 aromatic carbocycles. The predicted octanol–water partition coefficient (Wildman–Crippen LogP) is 2.27. The van der Waals surface area contributed by atoms with Gasteiger partial charge in [0.05, 0.1) is 0 Å². The summed E-state index contributed by atoms with van der Waals surface area (Å²) in [4.78, 5) is 2.58. The van der Waals surface area contributed by atoms with Crippen LogP contribution in [0.5, 0.6) is 0 Å². The van der Waals surface area contributed by atoms with E-state index in [4.69, 9.17) is 0 Å². The van der Waals surface area contributed by atoms with Gasteiger partial charge in [-0.1, -0.05) is 33.3 Å². The second-order valence-corrected chi connectivity index (χ2v) is 4.95. The average Bonchev–Trinajstić information content (AvgIpc) is 2.18. The van der Waals surface area contributed by atoms with Crippen molar-refractivity contribution in [2.45, 2.75) is 45.7 Å². The summed E-state index contributed by atoms with van der Waals surface area (Å²) in [5.41, 5.74) is 0. The Morgan fingerprint density at radius 2 is 2.27 bits per heavy atom. The van der Waals surface area contributed by atoms with Crippen molar-refractivity contribution in [3.05, 3.63) is 12.7 Å². The van der Waals surface area contributed by atoms with Crippen LogP contribution in [0.15, 0.2) is 12.7 Å². The third kappa shape index (κ3) is 3.62. The zero-order chi connectivity index (χ0) is 11.3. The normalized spacial score (nSPS) is 28.3. The molecule has 15 heavy (non-hydrogen) atoms. The minimum absolute atomic E-state index is 0.677. The van der Waals surface area contributed by atoms with Crippen LogP contribution < -0.4 is 5.32 Å². The van der Waals surface area contributed by atoms with Crippen LogP contribution >= 0.6 is 0 Å². The highest BCUT2D eigenvalue weighted by Gasteiger charge is 2.28. The molecule has 0 amide bonds. The van der Waals surface area contributed by atoms with Gasteiger partial charge in [-0.05, 0) is 12.3 Å². The molecule has 0 radical (unpaired) electrons. The van der Waals surface area contributed by atoms with E-state index in [-0.39, 0.29) is 0 Å². The Morgan fingerprint density at radius 1 is 1.53 bits per heavy atom. The van der Waals surface area contributed by atoms with Crippen molar-refractivity contribution in [2.24, 2.45) is 5.92 Å². The van der Waals surface area contributed by atoms with Crippen molar-refractivity contribution in [3.8, 4) is 0 Å². The van der Waals surface area contributed by atoms with Crippen LogP contribution in [-0.2, 0) is 0 Å². The minimum atomic E-state index is 0.677. The van der Waals surface area contributed by atoms with Crippen LogP contribution in [0.25, 0.3) is 0 Å². The highest BCUT2D eigenvalue weighted by Crippen LogP contribution is 2.16. The van der Waals surface area contributed by atoms with E-state index in [1.54, 1.807) is 0 Å². The Bertz CT molecular complexity index is 189. The molecule has 0 spiro atoms. The number of hydrogen-bond donors (Lipinski definition) is 1. The molecule has 2 nitrogen and oxygen atoms in total. The topological polar surface area (TPSA) is 15.3 Å². The van der Waals surface area contributed by atoms with Crippen LogP contribution in [0, 0.1) is 5.92 Å². The number of nitrogens with zero attached hydrogens (tertiary/aromatic N) is 1. The van der Waals surface area contributed by atoms with Gasteiger partial charge in [0, 0.05) is 31.7 Å². The summed E-state index contributed by atoms with van der Waals surface area (Å²) in [7, 11) is 0. The molecule has 2 heteroatoms. The SMILES string of the molecule is C=CCN1CC(CCC)NCC1C(C)C. The third-order valence-electron chi connectivity index (χ3n) is 3.31. The summed E-state index contributed by atoms with van der Waals surface area (Å²) in [6.07, 6.45) is 4.59. The van der Waals surface area contributed by atoms with Gasteiger partial charge in [-0.3, -0.25) is 4.90 Å². The molecule has 1 fully saturated rings. The van der Waals surface area contributed by atoms with Crippen molar-refractivity contribution in [1.82, 2.24) is 10.2 Å². The fraction of sp³-hybridized carbons (Fsp3) is 0.846. The second kappa shape index (κ2) is 6.29. The van der Waals surface area contributed by atoms with Crippen molar-refractivity contribution in [1.29, 1.82) is 0 Å². The molecule has 88 valence electrons. The van der Waals surface area contributed by atoms with Gasteiger partial charge in [-0.25, -0.2) is 0 Å². The molecule has 0 aromatic rings. The lowest BCUT2D eigenvalue weighted by molar-refractivity contribution is 0.108. The highest BCUT2D eigenvalue weighted by molar-refractivity contribution is 4.90. The Balaban J connectivity index is 2.52. The Hall–Kier alpha value is -0.340. The van der Waals surface area contributed by atoms with Crippen molar-refractivity contribution in [3.63, 3.8) is 0 Å². The number of hydrogen-bond acceptors (Lipinski definition) is 2. The predicted molar refractivity (Wildman–Crippen MR) is 67.1 cm³/mol. The fourth-order valence-corrected chi connectivity index (χ4v) is 2.47. The molecule has 1 rings (SSSR count). The lowest BCUT2D eigenvalue weighted by Gasteiger charge is -2.42. The van der Waals surface area contributed by atoms with Gasteiger partial charge < -0.3 is 5.32 Å². The minimum Gasteiger partial charge on any atom is -0.311 e. The van der Waals surface area contributed by atoms with Crippen molar-refractivity contribution >= 4 is 0 Å². The molecule has 2 atom stereocenters. The highest BCUT2D eigenvalue weighted by atomic mass is 15.2. The van der Waals surface area contributed by atoms with Crippen molar-refractivity contribution in [2.75, 3.05) is 19.6 Å². The maximum absolute atomic E-state index is 3.86. The van der Waals surface area contributed by atoms with Gasteiger partial charge in [0.15, 0.2) is 0 Å². The molecular weight excluding hydrogens is 184 g/mol. The lowest BCUT2D eigenvalue weighted by atomic mass is 9.97. The number of nitrogens with one attached hydrogen (secondary N) is 1. The van der Waals surface area contributed by atoms with E-state index in [1.807, 2.05) is 6.08 Å². The molecule has 0 saturated carbocycles. The smallest absolute Gasteiger partial charge is 0.0247 e. The first-order chi connectivity index (χ1) is 7.19. The molecule has 1 N–H and O–H groups in total. The molecule has 1 aliphatic rings. The summed E-state index contributed by atoms with van der Waals surface area (Å²) in [6.45, 7) is 14.1. The zero-order valence-corrected chi connectivity index (χ0v) is 10.5. The molecule has 2 unspecified atom stereocenters. The average molecular weight is 210 g/mol. The van der Waals surface area contributed by atoms with Gasteiger partial charge in [0.1, 0.15) is 0 Å². The Morgan fingerprint density at radius 3 is 2.80 bits per heavy atom. The van der Waals surface area contributed by atoms with Crippen LogP contribution in [0.1, 0.15) is 33.6 Å². The lowest BCUT2D eigenvalue weighted by Crippen LogP contribution is -2.58. The molecule has 0 aliphatic carbocycles. The molecule has 1 saturated heterocycles. The second-order valence-electron chi connectivity index (χ2n) is 4.95. The first-order valence-electron chi connectivity index (χ1n) is 6.27. The Kier molecular flexibility index (Phi) is 5.34. The van der Waals surface area contributed by atoms with E-state index in [1.165, 1.54) is 19.4 Å². The van der Waals surface area contributed by atoms with Gasteiger partial charge >= 0.3 is 0 Å². The van der Waals surface area contributed by atoms with E-state index in [2.05, 4.69) is 37.6 Å². The largest absolute Gasteiger partial charge is 0.311 e. The summed E-state index contributed by atoms with van der Waals surface area (Å²) in [6, 6.07) is 1.36. The maximum Gasteiger partial charge on any atom is 0.0247 e. The zero-order valence-electron chi connectivity index (χ0n) is 10.5. The fourth-order valence-electron chi connectivity index (χ4n) is 2.47. The van der Waals surface area contributed by atoms with Gasteiger partial charge in [0.2, 0.25) is 0 Å². The maximum atomic E-state index is 3.86. The van der Waals surface area contributed by atoms with E-state index >= 15 is 0 Å². The molecular formula is C13H26N2. The third-order valence-corrected chi connectivity index (χ3v) is 3.31. The van der Waals surface area contributed by atoms with E-state index in [0.717, 1.165) is 19.0 Å². The molecule has 0 bridgehead atoms. The van der Waals surface area contributed by atoms with Crippen LogP contribution in [-0.4, -0.2) is 36.6 Å². The first kappa shape index (κ1) is 12.7. The summed E-state index contributed by atoms with van der Waals surface area (Å²) >= 11 is 0. The van der Waals surface area contributed by atoms with Crippen molar-refractivity contribution < 1.29 is 0 Å². The van der Waals surface area contributed by atoms with Gasteiger partial charge in [0.25, 0.3) is 0 Å². The number of rotatable bonds is 5. The van der Waals surface area contributed by atoms with Crippen LogP contribution in [0.3, 0.4) is 0 Å². The quantitative estimate of drug-likeness (QED) is 0.700. The van der Waals surface area contributed by atoms with E-state index in [0.29, 0.717) is 12.1 Å². The molecule has 1 heterocycles. The first-order valence-corrected chi connectivity index (χ1v) is 6.27. The van der Waals surface area contributed by atoms with E-state index < -0.39 is 0 Å². The molecule has 1 aliphatic heterocycles. The van der Waals surface area contributed by atoms with Crippen LogP contribution in [0.2, 0.25) is 0 Å². The van der Waals surface area contributed by atoms with Gasteiger partial charge in [-0.2, -0.15) is 0 Å². The monoisotopic (exact) mass is 210 g/mol. The standard InChI is InChI=1S/C13H26N2/c1-5-7-12-10-15(8-6-2)13(9-14-12)11(3)4/h6,11-14H,2,5,7-10H2,1,3-4H3. The molecule has 0 aromatic heterocycles. The summed E-state index contributed by atoms with van der Waals surface area (Å²) in [5.74, 6) is 0.722. The summed E-state index contributed by atoms with van der Waals surface area (Å²) < 4.78 is 0.